The summed E-state index contributed by atoms with van der Waals surface area (Å²) in [6, 6.07) is 6.49. The number of carboxylic acids is 1. The van der Waals surface area contributed by atoms with Crippen LogP contribution in [0.3, 0.4) is 0 Å². The number of hydrogen-bond donors (Lipinski definition) is 3. The molecule has 25 heavy (non-hydrogen) atoms. The second-order valence-electron chi connectivity index (χ2n) is 7.08. The summed E-state index contributed by atoms with van der Waals surface area (Å²) in [7, 11) is 0. The molecule has 1 rings (SSSR count). The fraction of sp³-hybridized carbons (Fsp3) is 0.526. The van der Waals surface area contributed by atoms with Gasteiger partial charge >= 0.3 is 5.97 Å². The molecule has 1 aromatic rings. The van der Waals surface area contributed by atoms with E-state index >= 15 is 0 Å². The van der Waals surface area contributed by atoms with E-state index in [-0.39, 0.29) is 30.2 Å². The highest BCUT2D eigenvalue weighted by Crippen LogP contribution is 2.22. The summed E-state index contributed by atoms with van der Waals surface area (Å²) in [6.07, 6.45) is 1.09. The van der Waals surface area contributed by atoms with Crippen LogP contribution in [0.5, 0.6) is 0 Å². The molecular formula is C19H28N2O4. The molecule has 1 unspecified atom stereocenters. The quantitative estimate of drug-likeness (QED) is 0.672. The molecule has 0 aromatic heterocycles. The molecule has 0 heterocycles. The Balaban J connectivity index is 2.46. The van der Waals surface area contributed by atoms with Gasteiger partial charge in [-0.3, -0.25) is 9.59 Å². The molecule has 0 saturated carbocycles. The summed E-state index contributed by atoms with van der Waals surface area (Å²) in [4.78, 5) is 34.9. The van der Waals surface area contributed by atoms with Gasteiger partial charge in [-0.25, -0.2) is 4.79 Å². The molecule has 3 N–H and O–H groups in total. The van der Waals surface area contributed by atoms with Crippen molar-refractivity contribution in [2.75, 3.05) is 6.54 Å². The van der Waals surface area contributed by atoms with Crippen LogP contribution >= 0.6 is 0 Å². The summed E-state index contributed by atoms with van der Waals surface area (Å²) in [5, 5.41) is 14.2. The highest BCUT2D eigenvalue weighted by Gasteiger charge is 2.18. The van der Waals surface area contributed by atoms with Crippen LogP contribution in [0.25, 0.3) is 0 Å². The average Bonchev–Trinajstić information content (AvgIpc) is 2.53. The summed E-state index contributed by atoms with van der Waals surface area (Å²) in [6.45, 7) is 8.31. The molecular weight excluding hydrogens is 320 g/mol. The van der Waals surface area contributed by atoms with Crippen LogP contribution in [0.15, 0.2) is 24.3 Å². The summed E-state index contributed by atoms with van der Waals surface area (Å²) in [5.41, 5.74) is 1.69. The van der Waals surface area contributed by atoms with Crippen molar-refractivity contribution in [3.8, 4) is 0 Å². The van der Waals surface area contributed by atoms with Gasteiger partial charge in [0.1, 0.15) is 6.04 Å². The Labute approximate surface area is 149 Å². The fourth-order valence-corrected chi connectivity index (χ4v) is 2.33. The van der Waals surface area contributed by atoms with E-state index in [2.05, 4.69) is 31.4 Å². The zero-order valence-corrected chi connectivity index (χ0v) is 15.4. The maximum atomic E-state index is 12.1. The number of rotatable bonds is 8. The lowest BCUT2D eigenvalue weighted by Gasteiger charge is -2.19. The summed E-state index contributed by atoms with van der Waals surface area (Å²) in [5.74, 6) is -1.68. The first-order valence-corrected chi connectivity index (χ1v) is 8.56. The predicted molar refractivity (Wildman–Crippen MR) is 96.6 cm³/mol. The topological polar surface area (TPSA) is 95.5 Å². The van der Waals surface area contributed by atoms with Crippen LogP contribution in [-0.2, 0) is 15.0 Å². The lowest BCUT2D eigenvalue weighted by atomic mass is 9.87. The van der Waals surface area contributed by atoms with E-state index < -0.39 is 12.0 Å². The van der Waals surface area contributed by atoms with Crippen molar-refractivity contribution in [3.05, 3.63) is 35.4 Å². The molecule has 1 atom stereocenters. The molecule has 0 fully saturated rings. The van der Waals surface area contributed by atoms with Crippen molar-refractivity contribution in [1.29, 1.82) is 0 Å². The number of carbonyl (C=O) groups is 3. The molecule has 0 aliphatic heterocycles. The molecule has 6 nitrogen and oxygen atoms in total. The first-order valence-electron chi connectivity index (χ1n) is 8.56. The Hall–Kier alpha value is -2.37. The first-order chi connectivity index (χ1) is 11.6. The number of carbonyl (C=O) groups excluding carboxylic acids is 2. The summed E-state index contributed by atoms with van der Waals surface area (Å²) >= 11 is 0. The third kappa shape index (κ3) is 6.95. The number of amides is 2. The van der Waals surface area contributed by atoms with Gasteiger partial charge in [0.05, 0.1) is 0 Å². The second kappa shape index (κ2) is 9.20. The smallest absolute Gasteiger partial charge is 0.326 e. The lowest BCUT2D eigenvalue weighted by Crippen LogP contribution is -2.41. The van der Waals surface area contributed by atoms with Crippen LogP contribution in [0, 0.1) is 0 Å². The minimum absolute atomic E-state index is 0.0201. The molecule has 138 valence electrons. The van der Waals surface area contributed by atoms with E-state index in [1.54, 1.807) is 12.1 Å². The number of carboxylic acid groups (broad SMARTS) is 1. The van der Waals surface area contributed by atoms with Gasteiger partial charge in [-0.2, -0.15) is 0 Å². The Morgan fingerprint density at radius 2 is 1.72 bits per heavy atom. The van der Waals surface area contributed by atoms with Crippen LogP contribution in [0.4, 0.5) is 0 Å². The van der Waals surface area contributed by atoms with Crippen molar-refractivity contribution in [3.63, 3.8) is 0 Å². The van der Waals surface area contributed by atoms with Gasteiger partial charge in [0, 0.05) is 18.5 Å². The predicted octanol–water partition coefficient (Wildman–Crippen LogP) is 2.47. The minimum Gasteiger partial charge on any atom is -0.480 e. The molecule has 6 heteroatoms. The Bertz CT molecular complexity index is 603. The van der Waals surface area contributed by atoms with Crippen molar-refractivity contribution < 1.29 is 19.5 Å². The molecule has 2 amide bonds. The van der Waals surface area contributed by atoms with E-state index in [0.717, 1.165) is 5.56 Å². The Kier molecular flexibility index (Phi) is 7.61. The van der Waals surface area contributed by atoms with Gasteiger partial charge in [-0.05, 0) is 29.5 Å². The van der Waals surface area contributed by atoms with Crippen LogP contribution in [0.1, 0.15) is 62.9 Å². The fourth-order valence-electron chi connectivity index (χ4n) is 2.33. The number of nitrogens with one attached hydrogen (secondary N) is 2. The van der Waals surface area contributed by atoms with Crippen molar-refractivity contribution in [2.45, 2.75) is 58.4 Å². The Morgan fingerprint density at radius 1 is 1.12 bits per heavy atom. The Morgan fingerprint density at radius 3 is 2.20 bits per heavy atom. The number of hydrogen-bond acceptors (Lipinski definition) is 3. The summed E-state index contributed by atoms with van der Waals surface area (Å²) < 4.78 is 0. The van der Waals surface area contributed by atoms with Gasteiger partial charge < -0.3 is 15.7 Å². The largest absolute Gasteiger partial charge is 0.480 e. The van der Waals surface area contributed by atoms with Crippen LogP contribution < -0.4 is 10.6 Å². The van der Waals surface area contributed by atoms with Crippen molar-refractivity contribution in [1.82, 2.24) is 10.6 Å². The zero-order valence-electron chi connectivity index (χ0n) is 15.4. The van der Waals surface area contributed by atoms with E-state index in [0.29, 0.717) is 18.4 Å². The SMILES string of the molecule is CCCC(NC(=O)CCNC(=O)c1ccc(C(C)(C)C)cc1)C(=O)O. The van der Waals surface area contributed by atoms with Crippen molar-refractivity contribution >= 4 is 17.8 Å². The molecule has 1 aromatic carbocycles. The van der Waals surface area contributed by atoms with E-state index in [1.165, 1.54) is 0 Å². The highest BCUT2D eigenvalue weighted by molar-refractivity contribution is 5.94. The number of benzene rings is 1. The van der Waals surface area contributed by atoms with E-state index in [4.69, 9.17) is 5.11 Å². The zero-order chi connectivity index (χ0) is 19.0. The molecule has 0 bridgehead atoms. The number of aliphatic carboxylic acids is 1. The third-order valence-electron chi connectivity index (χ3n) is 3.86. The first kappa shape index (κ1) is 20.7. The monoisotopic (exact) mass is 348 g/mol. The lowest BCUT2D eigenvalue weighted by molar-refractivity contribution is -0.142. The molecule has 0 aliphatic rings. The van der Waals surface area contributed by atoms with E-state index in [1.807, 2.05) is 19.1 Å². The van der Waals surface area contributed by atoms with Gasteiger partial charge in [-0.15, -0.1) is 0 Å². The maximum absolute atomic E-state index is 12.1. The van der Waals surface area contributed by atoms with E-state index in [9.17, 15) is 14.4 Å². The van der Waals surface area contributed by atoms with Crippen LogP contribution in [-0.4, -0.2) is 35.5 Å². The highest BCUT2D eigenvalue weighted by atomic mass is 16.4. The van der Waals surface area contributed by atoms with Gasteiger partial charge in [0.15, 0.2) is 0 Å². The molecule has 0 aliphatic carbocycles. The maximum Gasteiger partial charge on any atom is 0.326 e. The van der Waals surface area contributed by atoms with Gasteiger partial charge in [-0.1, -0.05) is 46.2 Å². The molecule has 0 saturated heterocycles. The molecule has 0 radical (unpaired) electrons. The van der Waals surface area contributed by atoms with Crippen LogP contribution in [0.2, 0.25) is 0 Å². The van der Waals surface area contributed by atoms with Crippen molar-refractivity contribution in [2.24, 2.45) is 0 Å². The minimum atomic E-state index is -1.04. The van der Waals surface area contributed by atoms with Gasteiger partial charge in [0.2, 0.25) is 5.91 Å². The standard InChI is InChI=1S/C19H28N2O4/c1-5-6-15(18(24)25)21-16(22)11-12-20-17(23)13-7-9-14(10-8-13)19(2,3)4/h7-10,15H,5-6,11-12H2,1-4H3,(H,20,23)(H,21,22)(H,24,25). The van der Waals surface area contributed by atoms with Gasteiger partial charge in [0.25, 0.3) is 5.91 Å². The molecule has 0 spiro atoms. The normalized spacial score (nSPS) is 12.3. The second-order valence-corrected chi connectivity index (χ2v) is 7.08. The third-order valence-corrected chi connectivity index (χ3v) is 3.86. The average molecular weight is 348 g/mol.